The number of aromatic nitrogens is 2. The third kappa shape index (κ3) is 3.24. The Balaban J connectivity index is 2.00. The summed E-state index contributed by atoms with van der Waals surface area (Å²) in [6.07, 6.45) is 5.45. The highest BCUT2D eigenvalue weighted by Crippen LogP contribution is 2.33. The first-order valence-electron chi connectivity index (χ1n) is 7.86. The normalized spacial score (nSPS) is 24.4. The molecule has 114 valence electrons. The molecule has 2 aromatic rings. The topological polar surface area (TPSA) is 17.8 Å². The zero-order valence-corrected chi connectivity index (χ0v) is 15.6. The van der Waals surface area contributed by atoms with Crippen molar-refractivity contribution < 1.29 is 0 Å². The molecule has 1 fully saturated rings. The van der Waals surface area contributed by atoms with E-state index in [1.165, 1.54) is 34.8 Å². The Morgan fingerprint density at radius 1 is 1.38 bits per heavy atom. The smallest absolute Gasteiger partial charge is 0.127 e. The fourth-order valence-electron chi connectivity index (χ4n) is 3.52. The molecule has 0 spiro atoms. The molecule has 0 amide bonds. The minimum absolute atomic E-state index is 0.0473. The van der Waals surface area contributed by atoms with Crippen molar-refractivity contribution in [3.63, 3.8) is 0 Å². The monoisotopic (exact) mass is 416 g/mol. The van der Waals surface area contributed by atoms with E-state index in [4.69, 9.17) is 16.6 Å². The summed E-state index contributed by atoms with van der Waals surface area (Å²) in [6, 6.07) is 6.51. The molecule has 3 unspecified atom stereocenters. The molecule has 2 nitrogen and oxygen atoms in total. The van der Waals surface area contributed by atoms with Crippen LogP contribution in [0.2, 0.25) is 0 Å². The van der Waals surface area contributed by atoms with E-state index in [9.17, 15) is 0 Å². The number of halogens is 2. The van der Waals surface area contributed by atoms with E-state index >= 15 is 0 Å². The molecule has 1 heterocycles. The first-order valence-corrected chi connectivity index (χ1v) is 9.37. The molecule has 1 aliphatic rings. The van der Waals surface area contributed by atoms with Gasteiger partial charge in [0.1, 0.15) is 5.82 Å². The molecular formula is C17H22ClIN2. The average Bonchev–Trinajstić information content (AvgIpc) is 2.79. The largest absolute Gasteiger partial charge is 0.326 e. The van der Waals surface area contributed by atoms with Crippen LogP contribution in [0.1, 0.15) is 50.7 Å². The number of alkyl halides is 1. The van der Waals surface area contributed by atoms with Crippen molar-refractivity contribution in [3.05, 3.63) is 27.6 Å². The van der Waals surface area contributed by atoms with Crippen molar-refractivity contribution in [1.29, 1.82) is 0 Å². The SMILES string of the molecule is CC(Cl)c1nc2cc(I)ccc2n1CC1CCCCC1C. The number of hydrogen-bond donors (Lipinski definition) is 0. The van der Waals surface area contributed by atoms with Gasteiger partial charge in [0, 0.05) is 10.1 Å². The molecular weight excluding hydrogens is 395 g/mol. The fraction of sp³-hybridized carbons (Fsp3) is 0.588. The van der Waals surface area contributed by atoms with Gasteiger partial charge >= 0.3 is 0 Å². The Hall–Kier alpha value is -0.290. The second kappa shape index (κ2) is 6.45. The van der Waals surface area contributed by atoms with Crippen LogP contribution in [-0.4, -0.2) is 9.55 Å². The molecule has 0 aliphatic heterocycles. The molecule has 1 saturated carbocycles. The van der Waals surface area contributed by atoms with Crippen LogP contribution in [0, 0.1) is 15.4 Å². The van der Waals surface area contributed by atoms with Gasteiger partial charge in [-0.3, -0.25) is 0 Å². The Labute approximate surface area is 145 Å². The summed E-state index contributed by atoms with van der Waals surface area (Å²) in [5.41, 5.74) is 2.31. The molecule has 4 heteroatoms. The summed E-state index contributed by atoms with van der Waals surface area (Å²) in [4.78, 5) is 4.79. The summed E-state index contributed by atoms with van der Waals surface area (Å²) >= 11 is 8.73. The maximum atomic E-state index is 6.39. The van der Waals surface area contributed by atoms with Gasteiger partial charge in [-0.1, -0.05) is 26.2 Å². The van der Waals surface area contributed by atoms with Gasteiger partial charge in [0.2, 0.25) is 0 Å². The maximum absolute atomic E-state index is 6.39. The summed E-state index contributed by atoms with van der Waals surface area (Å²) in [5.74, 6) is 2.58. The predicted molar refractivity (Wildman–Crippen MR) is 97.8 cm³/mol. The zero-order valence-electron chi connectivity index (χ0n) is 12.6. The lowest BCUT2D eigenvalue weighted by molar-refractivity contribution is 0.228. The van der Waals surface area contributed by atoms with Crippen molar-refractivity contribution in [1.82, 2.24) is 9.55 Å². The third-order valence-corrected chi connectivity index (χ3v) is 5.67. The van der Waals surface area contributed by atoms with Crippen LogP contribution >= 0.6 is 34.2 Å². The number of imidazole rings is 1. The summed E-state index contributed by atoms with van der Waals surface area (Å²) < 4.78 is 3.60. The lowest BCUT2D eigenvalue weighted by Gasteiger charge is -2.30. The molecule has 1 aromatic heterocycles. The van der Waals surface area contributed by atoms with E-state index in [0.29, 0.717) is 0 Å². The number of hydrogen-bond acceptors (Lipinski definition) is 1. The lowest BCUT2D eigenvalue weighted by Crippen LogP contribution is -2.23. The van der Waals surface area contributed by atoms with E-state index in [1.807, 2.05) is 6.92 Å². The number of benzene rings is 1. The van der Waals surface area contributed by atoms with Crippen LogP contribution < -0.4 is 0 Å². The molecule has 0 bridgehead atoms. The van der Waals surface area contributed by atoms with Gasteiger partial charge in [0.05, 0.1) is 16.4 Å². The highest BCUT2D eigenvalue weighted by atomic mass is 127. The Morgan fingerprint density at radius 3 is 2.86 bits per heavy atom. The van der Waals surface area contributed by atoms with Gasteiger partial charge in [-0.25, -0.2) is 4.98 Å². The Morgan fingerprint density at radius 2 is 2.14 bits per heavy atom. The molecule has 0 radical (unpaired) electrons. The van der Waals surface area contributed by atoms with Crippen LogP contribution in [0.15, 0.2) is 18.2 Å². The first-order chi connectivity index (χ1) is 10.1. The van der Waals surface area contributed by atoms with Crippen LogP contribution in [0.5, 0.6) is 0 Å². The number of fused-ring (bicyclic) bond motifs is 1. The minimum Gasteiger partial charge on any atom is -0.326 e. The van der Waals surface area contributed by atoms with Crippen molar-refractivity contribution in [2.45, 2.75) is 51.5 Å². The van der Waals surface area contributed by atoms with Gasteiger partial charge < -0.3 is 4.57 Å². The van der Waals surface area contributed by atoms with Gasteiger partial charge in [-0.2, -0.15) is 0 Å². The first kappa shape index (κ1) is 15.6. The lowest BCUT2D eigenvalue weighted by atomic mass is 9.80. The molecule has 0 saturated heterocycles. The second-order valence-electron chi connectivity index (χ2n) is 6.35. The highest BCUT2D eigenvalue weighted by Gasteiger charge is 2.24. The average molecular weight is 417 g/mol. The van der Waals surface area contributed by atoms with Crippen LogP contribution in [0.4, 0.5) is 0 Å². The van der Waals surface area contributed by atoms with Crippen LogP contribution in [0.3, 0.4) is 0 Å². The number of nitrogens with zero attached hydrogens (tertiary/aromatic N) is 2. The van der Waals surface area contributed by atoms with Crippen molar-refractivity contribution in [2.75, 3.05) is 0 Å². The quantitative estimate of drug-likeness (QED) is 0.459. The fourth-order valence-corrected chi connectivity index (χ4v) is 4.16. The molecule has 0 N–H and O–H groups in total. The third-order valence-electron chi connectivity index (χ3n) is 4.80. The van der Waals surface area contributed by atoms with Gasteiger partial charge in [0.15, 0.2) is 0 Å². The van der Waals surface area contributed by atoms with E-state index in [1.54, 1.807) is 0 Å². The van der Waals surface area contributed by atoms with Gasteiger partial charge in [-0.05, 0) is 66.0 Å². The minimum atomic E-state index is -0.0473. The van der Waals surface area contributed by atoms with E-state index in [0.717, 1.165) is 29.7 Å². The Bertz CT molecular complexity index is 635. The maximum Gasteiger partial charge on any atom is 0.127 e. The second-order valence-corrected chi connectivity index (χ2v) is 8.25. The molecule has 21 heavy (non-hydrogen) atoms. The Kier molecular flexibility index (Phi) is 4.79. The van der Waals surface area contributed by atoms with Gasteiger partial charge in [-0.15, -0.1) is 11.6 Å². The van der Waals surface area contributed by atoms with Crippen LogP contribution in [0.25, 0.3) is 11.0 Å². The summed E-state index contributed by atoms with van der Waals surface area (Å²) in [6.45, 7) is 5.48. The zero-order chi connectivity index (χ0) is 15.0. The standard InChI is InChI=1S/C17H22ClIN2/c1-11-5-3-4-6-13(11)10-21-16-8-7-14(19)9-15(16)20-17(21)12(2)18/h7-9,11-13H,3-6,10H2,1-2H3. The van der Waals surface area contributed by atoms with Crippen molar-refractivity contribution in [2.24, 2.45) is 11.8 Å². The van der Waals surface area contributed by atoms with Crippen molar-refractivity contribution in [3.8, 4) is 0 Å². The molecule has 1 aromatic carbocycles. The highest BCUT2D eigenvalue weighted by molar-refractivity contribution is 14.1. The molecule has 3 rings (SSSR count). The number of rotatable bonds is 3. The molecule has 1 aliphatic carbocycles. The van der Waals surface area contributed by atoms with Crippen LogP contribution in [-0.2, 0) is 6.54 Å². The summed E-state index contributed by atoms with van der Waals surface area (Å²) in [5, 5.41) is -0.0473. The van der Waals surface area contributed by atoms with E-state index < -0.39 is 0 Å². The van der Waals surface area contributed by atoms with Crippen molar-refractivity contribution >= 4 is 45.2 Å². The predicted octanol–water partition coefficient (Wildman–Crippen LogP) is 5.77. The summed E-state index contributed by atoms with van der Waals surface area (Å²) in [7, 11) is 0. The molecule has 3 atom stereocenters. The van der Waals surface area contributed by atoms with E-state index in [-0.39, 0.29) is 5.38 Å². The van der Waals surface area contributed by atoms with Gasteiger partial charge in [0.25, 0.3) is 0 Å². The van der Waals surface area contributed by atoms with E-state index in [2.05, 4.69) is 52.3 Å².